The molecule has 1 aliphatic carbocycles. The van der Waals surface area contributed by atoms with Crippen molar-refractivity contribution in [1.82, 2.24) is 0 Å². The standard InChI is InChI=1S/C26H24N2O4/c29-25-12-9-18(28(30)31)15-23(25)26-21-8-4-7-20(21)22-16-19(10-11-24(22)27-26)32-14-13-17-5-2-1-3-6-17/h1-7,9-12,15-16,20-21,26-27,29H,8,13-14H2. The summed E-state index contributed by atoms with van der Waals surface area (Å²) in [5, 5.41) is 25.3. The van der Waals surface area contributed by atoms with Crippen molar-refractivity contribution < 1.29 is 14.8 Å². The van der Waals surface area contributed by atoms with Crippen LogP contribution in [0.15, 0.2) is 78.9 Å². The van der Waals surface area contributed by atoms with Crippen molar-refractivity contribution >= 4 is 11.4 Å². The van der Waals surface area contributed by atoms with E-state index in [0.29, 0.717) is 12.2 Å². The Hall–Kier alpha value is -3.80. The van der Waals surface area contributed by atoms with E-state index in [0.717, 1.165) is 29.8 Å². The van der Waals surface area contributed by atoms with Crippen molar-refractivity contribution in [3.8, 4) is 11.5 Å². The van der Waals surface area contributed by atoms with Gasteiger partial charge >= 0.3 is 0 Å². The van der Waals surface area contributed by atoms with E-state index >= 15 is 0 Å². The molecule has 0 saturated carbocycles. The molecule has 162 valence electrons. The van der Waals surface area contributed by atoms with Gasteiger partial charge in [0, 0.05) is 35.7 Å². The zero-order chi connectivity index (χ0) is 22.1. The number of phenols is 1. The second-order valence-electron chi connectivity index (χ2n) is 8.31. The largest absolute Gasteiger partial charge is 0.508 e. The normalized spacial score (nSPS) is 20.8. The van der Waals surface area contributed by atoms with Crippen LogP contribution in [0.4, 0.5) is 11.4 Å². The molecular formula is C26H24N2O4. The zero-order valence-corrected chi connectivity index (χ0v) is 17.5. The minimum Gasteiger partial charge on any atom is -0.508 e. The van der Waals surface area contributed by atoms with E-state index in [1.54, 1.807) is 0 Å². The molecule has 3 unspecified atom stereocenters. The first-order valence-electron chi connectivity index (χ1n) is 10.8. The van der Waals surface area contributed by atoms with Gasteiger partial charge in [0.15, 0.2) is 0 Å². The molecule has 0 spiro atoms. The number of nitrogens with one attached hydrogen (secondary N) is 1. The van der Waals surface area contributed by atoms with Gasteiger partial charge < -0.3 is 15.2 Å². The Bertz CT molecular complexity index is 1180. The van der Waals surface area contributed by atoms with E-state index in [4.69, 9.17) is 4.74 Å². The first kappa shape index (κ1) is 20.1. The van der Waals surface area contributed by atoms with Crippen LogP contribution >= 0.6 is 0 Å². The summed E-state index contributed by atoms with van der Waals surface area (Å²) in [6.45, 7) is 0.602. The number of fused-ring (bicyclic) bond motifs is 3. The van der Waals surface area contributed by atoms with E-state index in [1.807, 2.05) is 30.3 Å². The van der Waals surface area contributed by atoms with Crippen LogP contribution in [0, 0.1) is 16.0 Å². The smallest absolute Gasteiger partial charge is 0.270 e. The summed E-state index contributed by atoms with van der Waals surface area (Å²) in [4.78, 5) is 10.8. The number of phenolic OH excluding ortho intramolecular Hbond substituents is 1. The monoisotopic (exact) mass is 428 g/mol. The Labute approximate surface area is 186 Å². The van der Waals surface area contributed by atoms with Crippen LogP contribution in [-0.2, 0) is 6.42 Å². The maximum absolute atomic E-state index is 11.3. The quantitative estimate of drug-likeness (QED) is 0.297. The Balaban J connectivity index is 1.39. The summed E-state index contributed by atoms with van der Waals surface area (Å²) in [6, 6.07) is 20.3. The van der Waals surface area contributed by atoms with E-state index in [1.165, 1.54) is 23.8 Å². The van der Waals surface area contributed by atoms with Gasteiger partial charge in [-0.25, -0.2) is 0 Å². The van der Waals surface area contributed by atoms with Crippen LogP contribution in [0.3, 0.4) is 0 Å². The molecule has 1 aliphatic heterocycles. The maximum Gasteiger partial charge on any atom is 0.270 e. The number of anilines is 1. The van der Waals surface area contributed by atoms with Gasteiger partial charge in [0.25, 0.3) is 5.69 Å². The van der Waals surface area contributed by atoms with Gasteiger partial charge in [-0.1, -0.05) is 42.5 Å². The summed E-state index contributed by atoms with van der Waals surface area (Å²) in [7, 11) is 0. The SMILES string of the molecule is O=[N+]([O-])c1ccc(O)c(C2Nc3ccc(OCCc4ccccc4)cc3C3C=CCC32)c1. The molecular weight excluding hydrogens is 404 g/mol. The summed E-state index contributed by atoms with van der Waals surface area (Å²) in [6.07, 6.45) is 6.02. The van der Waals surface area contributed by atoms with E-state index < -0.39 is 4.92 Å². The number of nitrogens with zero attached hydrogens (tertiary/aromatic N) is 1. The van der Waals surface area contributed by atoms with Gasteiger partial charge in [0.2, 0.25) is 0 Å². The summed E-state index contributed by atoms with van der Waals surface area (Å²) >= 11 is 0. The number of ether oxygens (including phenoxy) is 1. The van der Waals surface area contributed by atoms with Gasteiger partial charge in [-0.15, -0.1) is 0 Å². The lowest BCUT2D eigenvalue weighted by Crippen LogP contribution is -2.29. The molecule has 0 bridgehead atoms. The number of rotatable bonds is 6. The molecule has 2 N–H and O–H groups in total. The molecule has 5 rings (SSSR count). The maximum atomic E-state index is 11.3. The second kappa shape index (κ2) is 8.38. The summed E-state index contributed by atoms with van der Waals surface area (Å²) < 4.78 is 6.03. The zero-order valence-electron chi connectivity index (χ0n) is 17.5. The van der Waals surface area contributed by atoms with E-state index in [9.17, 15) is 15.2 Å². The van der Waals surface area contributed by atoms with Crippen molar-refractivity contribution in [2.45, 2.75) is 24.8 Å². The third-order valence-electron chi connectivity index (χ3n) is 6.39. The molecule has 3 aromatic carbocycles. The van der Waals surface area contributed by atoms with E-state index in [2.05, 4.69) is 35.7 Å². The van der Waals surface area contributed by atoms with E-state index in [-0.39, 0.29) is 29.3 Å². The molecule has 0 radical (unpaired) electrons. The topological polar surface area (TPSA) is 84.6 Å². The lowest BCUT2D eigenvalue weighted by molar-refractivity contribution is -0.385. The van der Waals surface area contributed by atoms with Crippen molar-refractivity contribution in [2.24, 2.45) is 5.92 Å². The average molecular weight is 428 g/mol. The second-order valence-corrected chi connectivity index (χ2v) is 8.31. The first-order valence-corrected chi connectivity index (χ1v) is 10.8. The van der Waals surface area contributed by atoms with Gasteiger partial charge in [-0.05, 0) is 47.7 Å². The van der Waals surface area contributed by atoms with Crippen molar-refractivity contribution in [3.63, 3.8) is 0 Å². The van der Waals surface area contributed by atoms with Crippen LogP contribution in [0.2, 0.25) is 0 Å². The van der Waals surface area contributed by atoms with Crippen molar-refractivity contribution in [2.75, 3.05) is 11.9 Å². The third kappa shape index (κ3) is 3.80. The molecule has 6 heteroatoms. The Morgan fingerprint density at radius 3 is 2.72 bits per heavy atom. The molecule has 2 aliphatic rings. The lowest BCUT2D eigenvalue weighted by atomic mass is 9.76. The molecule has 0 aromatic heterocycles. The van der Waals surface area contributed by atoms with Crippen LogP contribution in [0.1, 0.15) is 35.1 Å². The predicted octanol–water partition coefficient (Wildman–Crippen LogP) is 5.75. The molecule has 3 atom stereocenters. The molecule has 0 saturated heterocycles. The molecule has 32 heavy (non-hydrogen) atoms. The Kier molecular flexibility index (Phi) is 5.27. The Morgan fingerprint density at radius 2 is 1.91 bits per heavy atom. The predicted molar refractivity (Wildman–Crippen MR) is 123 cm³/mol. The van der Waals surface area contributed by atoms with Crippen LogP contribution in [-0.4, -0.2) is 16.6 Å². The molecule has 0 fully saturated rings. The summed E-state index contributed by atoms with van der Waals surface area (Å²) in [5.74, 6) is 1.22. The van der Waals surface area contributed by atoms with Crippen molar-refractivity contribution in [3.05, 3.63) is 106 Å². The minimum atomic E-state index is -0.427. The highest BCUT2D eigenvalue weighted by atomic mass is 16.6. The van der Waals surface area contributed by atoms with Crippen LogP contribution < -0.4 is 10.1 Å². The highest BCUT2D eigenvalue weighted by molar-refractivity contribution is 5.63. The third-order valence-corrected chi connectivity index (χ3v) is 6.39. The highest BCUT2D eigenvalue weighted by Crippen LogP contribution is 2.52. The molecule has 0 amide bonds. The number of hydrogen-bond donors (Lipinski definition) is 2. The lowest BCUT2D eigenvalue weighted by Gasteiger charge is -2.37. The first-order chi connectivity index (χ1) is 15.6. The average Bonchev–Trinajstić information content (AvgIpc) is 3.30. The fourth-order valence-corrected chi connectivity index (χ4v) is 4.81. The fourth-order valence-electron chi connectivity index (χ4n) is 4.81. The number of nitro benzene ring substituents is 1. The van der Waals surface area contributed by atoms with Gasteiger partial charge in [-0.3, -0.25) is 10.1 Å². The molecule has 6 nitrogen and oxygen atoms in total. The van der Waals surface area contributed by atoms with Gasteiger partial charge in [0.1, 0.15) is 11.5 Å². The molecule has 1 heterocycles. The Morgan fingerprint density at radius 1 is 1.06 bits per heavy atom. The number of benzene rings is 3. The van der Waals surface area contributed by atoms with Crippen LogP contribution in [0.25, 0.3) is 0 Å². The van der Waals surface area contributed by atoms with Crippen molar-refractivity contribution in [1.29, 1.82) is 0 Å². The van der Waals surface area contributed by atoms with Gasteiger partial charge in [-0.2, -0.15) is 0 Å². The number of allylic oxidation sites excluding steroid dienone is 2. The highest BCUT2D eigenvalue weighted by Gasteiger charge is 2.39. The number of hydrogen-bond acceptors (Lipinski definition) is 5. The van der Waals surface area contributed by atoms with Crippen LogP contribution in [0.5, 0.6) is 11.5 Å². The number of non-ortho nitro benzene ring substituents is 1. The van der Waals surface area contributed by atoms with Gasteiger partial charge in [0.05, 0.1) is 17.6 Å². The number of aromatic hydroxyl groups is 1. The fraction of sp³-hybridized carbons (Fsp3) is 0.231. The summed E-state index contributed by atoms with van der Waals surface area (Å²) in [5.41, 5.74) is 3.90. The number of nitro groups is 1. The minimum absolute atomic E-state index is 0.0185. The molecule has 3 aromatic rings.